The SMILES string of the molecule is COc1ccc(CNC(=O)C(=O)NCCc2cc(C)ccn2)c(OC)c1. The summed E-state index contributed by atoms with van der Waals surface area (Å²) in [5.74, 6) is -0.139. The fourth-order valence-electron chi connectivity index (χ4n) is 2.37. The van der Waals surface area contributed by atoms with E-state index in [4.69, 9.17) is 9.47 Å². The van der Waals surface area contributed by atoms with Crippen molar-refractivity contribution in [3.63, 3.8) is 0 Å². The molecule has 0 atom stereocenters. The Morgan fingerprint density at radius 2 is 1.81 bits per heavy atom. The Morgan fingerprint density at radius 3 is 2.50 bits per heavy atom. The van der Waals surface area contributed by atoms with Gasteiger partial charge in [-0.1, -0.05) is 0 Å². The van der Waals surface area contributed by atoms with E-state index in [0.29, 0.717) is 24.5 Å². The van der Waals surface area contributed by atoms with Crippen LogP contribution in [0.5, 0.6) is 11.5 Å². The van der Waals surface area contributed by atoms with Crippen LogP contribution in [0.15, 0.2) is 36.5 Å². The topological polar surface area (TPSA) is 89.5 Å². The maximum Gasteiger partial charge on any atom is 0.309 e. The van der Waals surface area contributed by atoms with Crippen molar-refractivity contribution >= 4 is 11.8 Å². The molecular formula is C19H23N3O4. The Bertz CT molecular complexity index is 777. The fourth-order valence-corrected chi connectivity index (χ4v) is 2.37. The van der Waals surface area contributed by atoms with Crippen LogP contribution >= 0.6 is 0 Å². The first-order chi connectivity index (χ1) is 12.5. The lowest BCUT2D eigenvalue weighted by Crippen LogP contribution is -2.40. The predicted octanol–water partition coefficient (Wildman–Crippen LogP) is 1.38. The van der Waals surface area contributed by atoms with E-state index in [0.717, 1.165) is 16.8 Å². The predicted molar refractivity (Wildman–Crippen MR) is 97.1 cm³/mol. The molecule has 0 radical (unpaired) electrons. The minimum Gasteiger partial charge on any atom is -0.497 e. The van der Waals surface area contributed by atoms with Gasteiger partial charge < -0.3 is 20.1 Å². The zero-order valence-corrected chi connectivity index (χ0v) is 15.2. The molecule has 0 spiro atoms. The highest BCUT2D eigenvalue weighted by Crippen LogP contribution is 2.24. The van der Waals surface area contributed by atoms with Crippen molar-refractivity contribution in [2.24, 2.45) is 0 Å². The number of pyridine rings is 1. The van der Waals surface area contributed by atoms with E-state index < -0.39 is 11.8 Å². The van der Waals surface area contributed by atoms with E-state index in [1.165, 1.54) is 7.11 Å². The number of aryl methyl sites for hydroxylation is 1. The van der Waals surface area contributed by atoms with Gasteiger partial charge in [-0.3, -0.25) is 14.6 Å². The normalized spacial score (nSPS) is 10.1. The standard InChI is InChI=1S/C19H23N3O4/c1-13-6-8-20-15(10-13)7-9-21-18(23)19(24)22-12-14-4-5-16(25-2)11-17(14)26-3/h4-6,8,10-11H,7,9,12H2,1-3H3,(H,21,23)(H,22,24). The van der Waals surface area contributed by atoms with E-state index in [-0.39, 0.29) is 6.54 Å². The van der Waals surface area contributed by atoms with Crippen molar-refractivity contribution in [2.75, 3.05) is 20.8 Å². The van der Waals surface area contributed by atoms with E-state index in [9.17, 15) is 9.59 Å². The van der Waals surface area contributed by atoms with Crippen molar-refractivity contribution in [1.29, 1.82) is 0 Å². The summed E-state index contributed by atoms with van der Waals surface area (Å²) >= 11 is 0. The van der Waals surface area contributed by atoms with E-state index in [1.54, 1.807) is 31.5 Å². The van der Waals surface area contributed by atoms with Crippen molar-refractivity contribution in [2.45, 2.75) is 19.9 Å². The zero-order valence-electron chi connectivity index (χ0n) is 15.2. The first-order valence-electron chi connectivity index (χ1n) is 8.22. The number of rotatable bonds is 7. The molecule has 0 aliphatic carbocycles. The smallest absolute Gasteiger partial charge is 0.309 e. The Balaban J connectivity index is 1.81. The molecule has 0 saturated heterocycles. The van der Waals surface area contributed by atoms with E-state index in [2.05, 4.69) is 15.6 Å². The number of ether oxygens (including phenoxy) is 2. The number of nitrogens with one attached hydrogen (secondary N) is 2. The average Bonchev–Trinajstić information content (AvgIpc) is 2.65. The van der Waals surface area contributed by atoms with Crippen LogP contribution in [0.3, 0.4) is 0 Å². The van der Waals surface area contributed by atoms with Crippen LogP contribution in [-0.2, 0) is 22.6 Å². The van der Waals surface area contributed by atoms with Crippen LogP contribution in [0.4, 0.5) is 0 Å². The van der Waals surface area contributed by atoms with Crippen LogP contribution in [0.25, 0.3) is 0 Å². The molecule has 7 nitrogen and oxygen atoms in total. The van der Waals surface area contributed by atoms with Gasteiger partial charge in [0.05, 0.1) is 14.2 Å². The third-order valence-electron chi connectivity index (χ3n) is 3.78. The molecule has 0 bridgehead atoms. The van der Waals surface area contributed by atoms with Crippen LogP contribution in [0.2, 0.25) is 0 Å². The summed E-state index contributed by atoms with van der Waals surface area (Å²) in [6, 6.07) is 9.11. The van der Waals surface area contributed by atoms with Gasteiger partial charge in [0.2, 0.25) is 0 Å². The summed E-state index contributed by atoms with van der Waals surface area (Å²) < 4.78 is 10.4. The lowest BCUT2D eigenvalue weighted by molar-refractivity contribution is -0.139. The molecule has 0 saturated carbocycles. The maximum absolute atomic E-state index is 11.9. The van der Waals surface area contributed by atoms with Gasteiger partial charge in [-0.05, 0) is 36.8 Å². The third-order valence-corrected chi connectivity index (χ3v) is 3.78. The molecule has 1 aromatic heterocycles. The van der Waals surface area contributed by atoms with Crippen LogP contribution in [0.1, 0.15) is 16.8 Å². The Labute approximate surface area is 152 Å². The molecule has 0 aliphatic heterocycles. The largest absolute Gasteiger partial charge is 0.497 e. The number of methoxy groups -OCH3 is 2. The number of hydrogen-bond donors (Lipinski definition) is 2. The summed E-state index contributed by atoms with van der Waals surface area (Å²) in [6.07, 6.45) is 2.29. The molecular weight excluding hydrogens is 334 g/mol. The first-order valence-corrected chi connectivity index (χ1v) is 8.22. The van der Waals surface area contributed by atoms with Gasteiger partial charge >= 0.3 is 11.8 Å². The molecule has 2 rings (SSSR count). The molecule has 0 fully saturated rings. The Morgan fingerprint density at radius 1 is 1.04 bits per heavy atom. The summed E-state index contributed by atoms with van der Waals surface area (Å²) in [4.78, 5) is 28.0. The summed E-state index contributed by atoms with van der Waals surface area (Å²) in [5.41, 5.74) is 2.72. The molecule has 1 heterocycles. The van der Waals surface area contributed by atoms with Gasteiger partial charge in [-0.25, -0.2) is 0 Å². The lowest BCUT2D eigenvalue weighted by atomic mass is 10.2. The van der Waals surface area contributed by atoms with Crippen LogP contribution in [0, 0.1) is 6.92 Å². The molecule has 1 aromatic carbocycles. The van der Waals surface area contributed by atoms with Gasteiger partial charge in [0.25, 0.3) is 0 Å². The van der Waals surface area contributed by atoms with Crippen molar-refractivity contribution in [3.8, 4) is 11.5 Å². The zero-order chi connectivity index (χ0) is 18.9. The number of benzene rings is 1. The minimum absolute atomic E-state index is 0.179. The summed E-state index contributed by atoms with van der Waals surface area (Å²) in [7, 11) is 3.10. The third kappa shape index (κ3) is 5.47. The van der Waals surface area contributed by atoms with Gasteiger partial charge in [0.15, 0.2) is 0 Å². The second-order valence-corrected chi connectivity index (χ2v) is 5.69. The number of carbonyl (C=O) groups excluding carboxylic acids is 2. The first kappa shape index (κ1) is 19.2. The second-order valence-electron chi connectivity index (χ2n) is 5.69. The number of hydrogen-bond acceptors (Lipinski definition) is 5. The Hall–Kier alpha value is -3.09. The summed E-state index contributed by atoms with van der Waals surface area (Å²) in [6.45, 7) is 2.50. The molecule has 2 amide bonds. The highest BCUT2D eigenvalue weighted by Gasteiger charge is 2.14. The van der Waals surface area contributed by atoms with Gasteiger partial charge in [0.1, 0.15) is 11.5 Å². The quantitative estimate of drug-likeness (QED) is 0.731. The molecule has 26 heavy (non-hydrogen) atoms. The number of nitrogens with zero attached hydrogens (tertiary/aromatic N) is 1. The van der Waals surface area contributed by atoms with E-state index >= 15 is 0 Å². The monoisotopic (exact) mass is 357 g/mol. The fraction of sp³-hybridized carbons (Fsp3) is 0.316. The number of amides is 2. The number of carbonyl (C=O) groups is 2. The van der Waals surface area contributed by atoms with Crippen LogP contribution in [-0.4, -0.2) is 37.6 Å². The molecule has 138 valence electrons. The van der Waals surface area contributed by atoms with Crippen molar-refractivity contribution in [3.05, 3.63) is 53.3 Å². The van der Waals surface area contributed by atoms with Gasteiger partial charge in [-0.15, -0.1) is 0 Å². The van der Waals surface area contributed by atoms with Gasteiger partial charge in [-0.2, -0.15) is 0 Å². The highest BCUT2D eigenvalue weighted by molar-refractivity contribution is 6.35. The molecule has 0 unspecified atom stereocenters. The summed E-state index contributed by atoms with van der Waals surface area (Å²) in [5, 5.41) is 5.17. The molecule has 2 N–H and O–H groups in total. The van der Waals surface area contributed by atoms with Crippen molar-refractivity contribution in [1.82, 2.24) is 15.6 Å². The lowest BCUT2D eigenvalue weighted by Gasteiger charge is -2.11. The number of aromatic nitrogens is 1. The van der Waals surface area contributed by atoms with Crippen LogP contribution < -0.4 is 20.1 Å². The molecule has 7 heteroatoms. The van der Waals surface area contributed by atoms with Gasteiger partial charge in [0, 0.05) is 43.0 Å². The highest BCUT2D eigenvalue weighted by atomic mass is 16.5. The van der Waals surface area contributed by atoms with E-state index in [1.807, 2.05) is 19.1 Å². The minimum atomic E-state index is -0.694. The maximum atomic E-state index is 11.9. The van der Waals surface area contributed by atoms with Crippen molar-refractivity contribution < 1.29 is 19.1 Å². The molecule has 2 aromatic rings. The molecule has 0 aliphatic rings. The Kier molecular flexibility index (Phi) is 6.96. The second kappa shape index (κ2) is 9.41. The average molecular weight is 357 g/mol.